The molecule has 0 aliphatic heterocycles. The molecule has 0 unspecified atom stereocenters. The summed E-state index contributed by atoms with van der Waals surface area (Å²) in [5, 5.41) is 0. The predicted octanol–water partition coefficient (Wildman–Crippen LogP) is 1.52. The lowest BCUT2D eigenvalue weighted by Crippen LogP contribution is -1.86. The third-order valence-electron chi connectivity index (χ3n) is 1.35. The normalized spacial score (nSPS) is 10.6. The monoisotopic (exact) mass is 206 g/mol. The van der Waals surface area contributed by atoms with Crippen molar-refractivity contribution >= 4 is 22.5 Å². The molecule has 0 atom stereocenters. The molecule has 1 aromatic rings. The summed E-state index contributed by atoms with van der Waals surface area (Å²) >= 11 is 1.37. The summed E-state index contributed by atoms with van der Waals surface area (Å²) < 4.78 is 33.7. The van der Waals surface area contributed by atoms with Crippen LogP contribution in [-0.4, -0.2) is 14.7 Å². The first-order chi connectivity index (χ1) is 5.65. The zero-order valence-corrected chi connectivity index (χ0v) is 7.99. The van der Waals surface area contributed by atoms with Crippen LogP contribution in [0.4, 0.5) is 4.39 Å². The van der Waals surface area contributed by atoms with E-state index in [1.807, 2.05) is 0 Å². The summed E-state index contributed by atoms with van der Waals surface area (Å²) in [6.45, 7) is 0. The number of thiol groups is 1. The van der Waals surface area contributed by atoms with Crippen LogP contribution < -0.4 is 0 Å². The minimum absolute atomic E-state index is 0.247. The summed E-state index contributed by atoms with van der Waals surface area (Å²) in [6, 6.07) is 4.06. The van der Waals surface area contributed by atoms with Gasteiger partial charge in [-0.2, -0.15) is 0 Å². The molecule has 66 valence electrons. The SMILES string of the molecule is CSc1ccc([SH](=O)=O)c(F)c1. The van der Waals surface area contributed by atoms with Gasteiger partial charge in [-0.15, -0.1) is 11.8 Å². The van der Waals surface area contributed by atoms with E-state index in [9.17, 15) is 12.8 Å². The van der Waals surface area contributed by atoms with Gasteiger partial charge in [0.15, 0.2) is 10.7 Å². The molecule has 0 amide bonds. The topological polar surface area (TPSA) is 34.1 Å². The Hall–Kier alpha value is -0.550. The number of hydrogen-bond donors (Lipinski definition) is 1. The molecular weight excluding hydrogens is 199 g/mol. The molecule has 2 nitrogen and oxygen atoms in total. The lowest BCUT2D eigenvalue weighted by molar-refractivity contribution is 0.576. The Kier molecular flexibility index (Phi) is 3.11. The maximum absolute atomic E-state index is 12.9. The van der Waals surface area contributed by atoms with E-state index in [0.29, 0.717) is 4.90 Å². The highest BCUT2D eigenvalue weighted by Crippen LogP contribution is 2.18. The van der Waals surface area contributed by atoms with Crippen molar-refractivity contribution in [2.45, 2.75) is 9.79 Å². The number of thioether (sulfide) groups is 1. The molecule has 12 heavy (non-hydrogen) atoms. The first-order valence-electron chi connectivity index (χ1n) is 3.13. The molecule has 5 heteroatoms. The Labute approximate surface area is 75.7 Å². The van der Waals surface area contributed by atoms with Crippen molar-refractivity contribution in [3.05, 3.63) is 24.0 Å². The maximum atomic E-state index is 12.9. The zero-order chi connectivity index (χ0) is 9.14. The molecule has 0 bridgehead atoms. The molecule has 0 aliphatic carbocycles. The fourth-order valence-corrected chi connectivity index (χ4v) is 1.62. The second-order valence-corrected chi connectivity index (χ2v) is 3.95. The van der Waals surface area contributed by atoms with E-state index in [0.717, 1.165) is 0 Å². The Balaban J connectivity index is 3.20. The van der Waals surface area contributed by atoms with E-state index in [1.54, 1.807) is 12.3 Å². The van der Waals surface area contributed by atoms with Crippen LogP contribution in [0.15, 0.2) is 28.0 Å². The van der Waals surface area contributed by atoms with Crippen LogP contribution in [0.1, 0.15) is 0 Å². The van der Waals surface area contributed by atoms with Gasteiger partial charge >= 0.3 is 0 Å². The molecule has 0 spiro atoms. The Bertz CT molecular complexity index is 352. The van der Waals surface area contributed by atoms with Crippen molar-refractivity contribution in [2.75, 3.05) is 6.26 Å². The van der Waals surface area contributed by atoms with E-state index in [4.69, 9.17) is 0 Å². The van der Waals surface area contributed by atoms with Gasteiger partial charge in [-0.1, -0.05) is 0 Å². The van der Waals surface area contributed by atoms with Crippen LogP contribution in [0.5, 0.6) is 0 Å². The molecule has 0 aliphatic rings. The Morgan fingerprint density at radius 1 is 1.42 bits per heavy atom. The molecular formula is C7H7FO2S2. The molecule has 0 fully saturated rings. The van der Waals surface area contributed by atoms with Crippen LogP contribution in [0.2, 0.25) is 0 Å². The van der Waals surface area contributed by atoms with E-state index in [2.05, 4.69) is 0 Å². The summed E-state index contributed by atoms with van der Waals surface area (Å²) in [5.41, 5.74) is 0. The second kappa shape index (κ2) is 3.91. The van der Waals surface area contributed by atoms with Crippen molar-refractivity contribution in [1.82, 2.24) is 0 Å². The summed E-state index contributed by atoms with van der Waals surface area (Å²) in [7, 11) is -2.82. The van der Waals surface area contributed by atoms with Crippen LogP contribution in [0.25, 0.3) is 0 Å². The second-order valence-electron chi connectivity index (χ2n) is 2.07. The summed E-state index contributed by atoms with van der Waals surface area (Å²) in [4.78, 5) is 0.468. The van der Waals surface area contributed by atoms with Gasteiger partial charge in [0.2, 0.25) is 0 Å². The fraction of sp³-hybridized carbons (Fsp3) is 0.143. The Morgan fingerprint density at radius 2 is 2.08 bits per heavy atom. The van der Waals surface area contributed by atoms with E-state index in [1.165, 1.54) is 23.9 Å². The molecule has 0 N–H and O–H groups in total. The molecule has 0 aromatic heterocycles. The van der Waals surface area contributed by atoms with Gasteiger partial charge in [0.1, 0.15) is 5.82 Å². The van der Waals surface area contributed by atoms with Crippen LogP contribution >= 0.6 is 11.8 Å². The van der Waals surface area contributed by atoms with Crippen LogP contribution in [-0.2, 0) is 10.7 Å². The average Bonchev–Trinajstić information content (AvgIpc) is 2.03. The molecule has 1 rings (SSSR count). The van der Waals surface area contributed by atoms with Gasteiger partial charge in [-0.3, -0.25) is 0 Å². The van der Waals surface area contributed by atoms with Crippen LogP contribution in [0.3, 0.4) is 0 Å². The highest BCUT2D eigenvalue weighted by atomic mass is 32.2. The summed E-state index contributed by atoms with van der Waals surface area (Å²) in [6.07, 6.45) is 1.80. The van der Waals surface area contributed by atoms with Gasteiger partial charge in [0, 0.05) is 4.90 Å². The summed E-state index contributed by atoms with van der Waals surface area (Å²) in [5.74, 6) is -0.682. The van der Waals surface area contributed by atoms with Crippen molar-refractivity contribution in [2.24, 2.45) is 0 Å². The zero-order valence-electron chi connectivity index (χ0n) is 6.28. The van der Waals surface area contributed by atoms with Gasteiger partial charge in [-0.25, -0.2) is 12.8 Å². The van der Waals surface area contributed by atoms with Gasteiger partial charge in [-0.05, 0) is 24.5 Å². The number of benzene rings is 1. The van der Waals surface area contributed by atoms with Gasteiger partial charge < -0.3 is 0 Å². The standard InChI is InChI=1S/C7H7FO2S2/c1-11-5-2-3-7(12(9)10)6(8)4-5/h2-4,12H,1H3. The van der Waals surface area contributed by atoms with E-state index >= 15 is 0 Å². The lowest BCUT2D eigenvalue weighted by atomic mass is 10.3. The number of rotatable bonds is 2. The third kappa shape index (κ3) is 1.98. The van der Waals surface area contributed by atoms with E-state index < -0.39 is 16.5 Å². The minimum Gasteiger partial charge on any atom is -0.227 e. The average molecular weight is 206 g/mol. The highest BCUT2D eigenvalue weighted by Gasteiger charge is 2.04. The van der Waals surface area contributed by atoms with Crippen molar-refractivity contribution in [3.63, 3.8) is 0 Å². The highest BCUT2D eigenvalue weighted by molar-refractivity contribution is 7.98. The smallest absolute Gasteiger partial charge is 0.171 e. The number of halogens is 1. The lowest BCUT2D eigenvalue weighted by Gasteiger charge is -1.97. The van der Waals surface area contributed by atoms with Crippen molar-refractivity contribution in [1.29, 1.82) is 0 Å². The quantitative estimate of drug-likeness (QED) is 0.588. The number of hydrogen-bond acceptors (Lipinski definition) is 3. The van der Waals surface area contributed by atoms with E-state index in [-0.39, 0.29) is 4.90 Å². The minimum atomic E-state index is -2.82. The maximum Gasteiger partial charge on any atom is 0.171 e. The van der Waals surface area contributed by atoms with Crippen molar-refractivity contribution < 1.29 is 12.8 Å². The van der Waals surface area contributed by atoms with Gasteiger partial charge in [0.05, 0.1) is 4.90 Å². The molecule has 0 heterocycles. The predicted molar refractivity (Wildman–Crippen MR) is 46.8 cm³/mol. The fourth-order valence-electron chi connectivity index (χ4n) is 0.763. The van der Waals surface area contributed by atoms with Gasteiger partial charge in [0.25, 0.3) is 0 Å². The van der Waals surface area contributed by atoms with Crippen molar-refractivity contribution in [3.8, 4) is 0 Å². The molecule has 1 aromatic carbocycles. The first kappa shape index (κ1) is 9.54. The molecule has 0 saturated carbocycles. The largest absolute Gasteiger partial charge is 0.227 e. The first-order valence-corrected chi connectivity index (χ1v) is 5.53. The third-order valence-corrected chi connectivity index (χ3v) is 2.83. The molecule has 0 radical (unpaired) electrons. The van der Waals surface area contributed by atoms with Crippen LogP contribution in [0, 0.1) is 5.82 Å². The Morgan fingerprint density at radius 3 is 2.50 bits per heavy atom. The molecule has 0 saturated heterocycles.